The normalized spacial score (nSPS) is 9.78. The second kappa shape index (κ2) is 11.7. The fourth-order valence-electron chi connectivity index (χ4n) is 1.66. The van der Waals surface area contributed by atoms with E-state index in [9.17, 15) is 14.4 Å². The number of unbranched alkanes of at least 4 members (excludes halogenated alkanes) is 2. The number of carbonyl (C=O) groups excluding carboxylic acids is 3. The summed E-state index contributed by atoms with van der Waals surface area (Å²) in [7, 11) is 0. The second-order valence-corrected chi connectivity index (χ2v) is 4.23. The Balaban J connectivity index is 0. The molecule has 0 rings (SSSR count). The Morgan fingerprint density at radius 3 is 1.78 bits per heavy atom. The summed E-state index contributed by atoms with van der Waals surface area (Å²) in [6.07, 6.45) is 5.18. The summed E-state index contributed by atoms with van der Waals surface area (Å²) >= 11 is 0. The molecule has 0 aliphatic carbocycles. The topological polar surface area (TPSA) is 60.4 Å². The van der Waals surface area contributed by atoms with Crippen LogP contribution in [0.25, 0.3) is 0 Å². The zero-order valence-electron chi connectivity index (χ0n) is 11.7. The van der Waals surface area contributed by atoms with Crippen LogP contribution in [0.5, 0.6) is 0 Å². The van der Waals surface area contributed by atoms with E-state index >= 15 is 0 Å². The number of ketones is 1. The van der Waals surface area contributed by atoms with Gasteiger partial charge in [0.1, 0.15) is 0 Å². The maximum absolute atomic E-state index is 11.8. The Bertz CT molecular complexity index is 268. The summed E-state index contributed by atoms with van der Waals surface area (Å²) in [6.45, 7) is 5.20. The first-order chi connectivity index (χ1) is 8.02. The molecule has 4 nitrogen and oxygen atoms in total. The fourth-order valence-corrected chi connectivity index (χ4v) is 1.66. The molecule has 2 radical (unpaired) electrons. The third-order valence-electron chi connectivity index (χ3n) is 2.62. The minimum atomic E-state index is -1.00. The zero-order valence-corrected chi connectivity index (χ0v) is 15.7. The first-order valence-corrected chi connectivity index (χ1v) is 6.29. The van der Waals surface area contributed by atoms with E-state index in [4.69, 9.17) is 0 Å². The molecule has 0 aromatic carbocycles. The van der Waals surface area contributed by atoms with E-state index in [0.717, 1.165) is 32.6 Å². The molecule has 0 aliphatic rings. The van der Waals surface area contributed by atoms with Gasteiger partial charge < -0.3 is 4.74 Å². The van der Waals surface area contributed by atoms with Crippen molar-refractivity contribution in [3.05, 3.63) is 0 Å². The number of esters is 2. The van der Waals surface area contributed by atoms with Gasteiger partial charge in [0.2, 0.25) is 5.78 Å². The van der Waals surface area contributed by atoms with Crippen molar-refractivity contribution in [3.63, 3.8) is 0 Å². The van der Waals surface area contributed by atoms with Crippen LogP contribution in [0.2, 0.25) is 0 Å². The molecule has 0 saturated carbocycles. The van der Waals surface area contributed by atoms with Gasteiger partial charge in [0.05, 0.1) is 0 Å². The predicted molar refractivity (Wildman–Crippen MR) is 72.9 cm³/mol. The van der Waals surface area contributed by atoms with Gasteiger partial charge in [0.25, 0.3) is 0 Å². The molecule has 0 bridgehead atoms. The summed E-state index contributed by atoms with van der Waals surface area (Å²) in [5, 5.41) is 0. The number of ether oxygens (including phenoxy) is 1. The van der Waals surface area contributed by atoms with E-state index in [0.29, 0.717) is 12.8 Å². The molecule has 0 fully saturated rings. The van der Waals surface area contributed by atoms with Crippen molar-refractivity contribution in [2.24, 2.45) is 5.92 Å². The summed E-state index contributed by atoms with van der Waals surface area (Å²) in [5.41, 5.74) is 0. The van der Waals surface area contributed by atoms with E-state index < -0.39 is 17.7 Å². The van der Waals surface area contributed by atoms with E-state index in [1.807, 2.05) is 13.8 Å². The second-order valence-electron chi connectivity index (χ2n) is 4.23. The Morgan fingerprint density at radius 2 is 1.44 bits per heavy atom. The van der Waals surface area contributed by atoms with Crippen molar-refractivity contribution < 1.29 is 19.1 Å². The molecule has 0 heterocycles. The molecule has 0 saturated heterocycles. The number of Topliss-reactive ketones (excluding diaryl/α,β-unsaturated/α-hetero) is 1. The third kappa shape index (κ3) is 8.66. The van der Waals surface area contributed by atoms with Crippen LogP contribution >= 0.6 is 0 Å². The molecule has 5 heteroatoms. The summed E-state index contributed by atoms with van der Waals surface area (Å²) in [6, 6.07) is 0. The van der Waals surface area contributed by atoms with Gasteiger partial charge in [0, 0.05) is 12.8 Å². The van der Waals surface area contributed by atoms with Gasteiger partial charge in [-0.3, -0.25) is 9.59 Å². The Hall–Kier alpha value is -0.391. The summed E-state index contributed by atoms with van der Waals surface area (Å²) in [5.74, 6) is -2.58. The van der Waals surface area contributed by atoms with E-state index in [-0.39, 0.29) is 29.8 Å². The molecule has 0 N–H and O–H groups in total. The van der Waals surface area contributed by atoms with Gasteiger partial charge in [-0.2, -0.15) is 0 Å². The monoisotopic (exact) mass is 364 g/mol. The van der Waals surface area contributed by atoms with Crippen molar-refractivity contribution in [2.45, 2.75) is 59.3 Å². The van der Waals surface area contributed by atoms with Crippen LogP contribution in [-0.2, 0) is 19.1 Å². The van der Waals surface area contributed by atoms with Gasteiger partial charge in [-0.05, 0) is 12.8 Å². The van der Waals surface area contributed by atoms with Crippen LogP contribution in [0.1, 0.15) is 59.3 Å². The van der Waals surface area contributed by atoms with Gasteiger partial charge in [-0.1, -0.05) is 39.5 Å². The quantitative estimate of drug-likeness (QED) is 0.285. The molecule has 0 aromatic rings. The summed E-state index contributed by atoms with van der Waals surface area (Å²) in [4.78, 5) is 33.7. The number of carbonyl (C=O) groups is 3. The van der Waals surface area contributed by atoms with Gasteiger partial charge >= 0.3 is 35.8 Å². The van der Waals surface area contributed by atoms with Crippen molar-refractivity contribution in [3.8, 4) is 0 Å². The van der Waals surface area contributed by atoms with Gasteiger partial charge in [-0.15, -0.1) is 0 Å². The van der Waals surface area contributed by atoms with Crippen LogP contribution in [0.4, 0.5) is 0 Å². The van der Waals surface area contributed by atoms with Crippen LogP contribution in [0.15, 0.2) is 0 Å². The molecule has 0 aliphatic heterocycles. The van der Waals surface area contributed by atoms with E-state index in [1.165, 1.54) is 0 Å². The van der Waals surface area contributed by atoms with Crippen molar-refractivity contribution in [1.29, 1.82) is 0 Å². The van der Waals surface area contributed by atoms with Gasteiger partial charge in [0.15, 0.2) is 0 Å². The van der Waals surface area contributed by atoms with E-state index in [2.05, 4.69) is 4.74 Å². The number of hydrogen-bond donors (Lipinski definition) is 0. The molecule has 0 aromatic heterocycles. The molecule has 0 amide bonds. The first kappa shape index (κ1) is 19.9. The molecule has 104 valence electrons. The average Bonchev–Trinajstić information content (AvgIpc) is 2.27. The van der Waals surface area contributed by atoms with Crippen LogP contribution < -0.4 is 0 Å². The van der Waals surface area contributed by atoms with Crippen LogP contribution in [0.3, 0.4) is 0 Å². The van der Waals surface area contributed by atoms with Crippen molar-refractivity contribution >= 4 is 41.6 Å². The average molecular weight is 363 g/mol. The Kier molecular flexibility index (Phi) is 12.9. The third-order valence-corrected chi connectivity index (χ3v) is 2.62. The first-order valence-electron chi connectivity index (χ1n) is 6.29. The van der Waals surface area contributed by atoms with Gasteiger partial charge in [-0.25, -0.2) is 4.79 Å². The number of rotatable bonds is 8. The van der Waals surface area contributed by atoms with E-state index in [1.54, 1.807) is 0 Å². The predicted octanol–water partition coefficient (Wildman–Crippen LogP) is 1.73. The molecular formula is C13H24O4Sn. The fraction of sp³-hybridized carbons (Fsp3) is 0.769. The molecule has 18 heavy (non-hydrogen) atoms. The molecule has 0 unspecified atom stereocenters. The van der Waals surface area contributed by atoms with Crippen molar-refractivity contribution in [1.82, 2.24) is 0 Å². The van der Waals surface area contributed by atoms with Crippen LogP contribution in [0, 0.1) is 5.92 Å². The standard InChI is InChI=1S/C13H22O4.Sn.2H/c1-4-6-8-11(9-7-5-2)12(15)13(16)17-10(3)14;;;/h11H,4-9H2,1-3H3;;;. The maximum atomic E-state index is 11.8. The Morgan fingerprint density at radius 1 is 1.00 bits per heavy atom. The minimum absolute atomic E-state index is 0. The summed E-state index contributed by atoms with van der Waals surface area (Å²) < 4.78 is 4.33. The van der Waals surface area contributed by atoms with Crippen LogP contribution in [-0.4, -0.2) is 41.6 Å². The molecule has 0 spiro atoms. The molecule has 0 atom stereocenters. The number of hydrogen-bond acceptors (Lipinski definition) is 4. The Labute approximate surface area is 126 Å². The SMILES string of the molecule is CCCCC(CCCC)C(=O)C(=O)OC(C)=O.[SnH2]. The molecular weight excluding hydrogens is 339 g/mol. The zero-order chi connectivity index (χ0) is 13.3. The van der Waals surface area contributed by atoms with Crippen molar-refractivity contribution in [2.75, 3.05) is 0 Å².